The standard InChI is InChI=1S/C32H35N3O4/c1-33-31(37)26-13-8-14-27(19-26)34-20-28(23-9-4-2-5-10-23)32(38)39-30-22-35(17-15-25(30)16-18-35)21-29(36)24-11-6-3-7-12-24/h2-14,19,25,28,30,34H,15-18,20-22H2,1H3/p+1. The zero-order valence-corrected chi connectivity index (χ0v) is 22.3. The molecule has 3 saturated heterocycles. The molecule has 3 aromatic rings. The molecule has 1 amide bonds. The van der Waals surface area contributed by atoms with Crippen LogP contribution in [0.5, 0.6) is 0 Å². The second kappa shape index (κ2) is 11.8. The summed E-state index contributed by atoms with van der Waals surface area (Å²) in [4.78, 5) is 38.8. The number of Topliss-reactive ketones (excluding diaryl/α,β-unsaturated/α-hetero) is 1. The molecular formula is C32H36N3O4+. The monoisotopic (exact) mass is 526 g/mol. The molecule has 3 fully saturated rings. The van der Waals surface area contributed by atoms with Gasteiger partial charge in [0.15, 0.2) is 6.10 Å². The SMILES string of the molecule is CNC(=O)c1cccc(NCC(C(=O)OC2C[N+]3(CC(=O)c4ccccc4)CCC2CC3)c2ccccc2)c1. The zero-order valence-electron chi connectivity index (χ0n) is 22.3. The molecule has 3 aliphatic rings. The van der Waals surface area contributed by atoms with Crippen LogP contribution in [0.2, 0.25) is 0 Å². The molecule has 202 valence electrons. The predicted octanol–water partition coefficient (Wildman–Crippen LogP) is 4.28. The average Bonchev–Trinajstić information content (AvgIpc) is 2.98. The topological polar surface area (TPSA) is 84.5 Å². The lowest BCUT2D eigenvalue weighted by Gasteiger charge is -2.51. The van der Waals surface area contributed by atoms with E-state index >= 15 is 0 Å². The maximum atomic E-state index is 13.7. The number of anilines is 1. The molecule has 2 bridgehead atoms. The van der Waals surface area contributed by atoms with Crippen molar-refractivity contribution in [1.29, 1.82) is 0 Å². The highest BCUT2D eigenvalue weighted by atomic mass is 16.5. The van der Waals surface area contributed by atoms with E-state index in [1.807, 2.05) is 72.8 Å². The zero-order chi connectivity index (χ0) is 27.2. The number of amides is 1. The van der Waals surface area contributed by atoms with E-state index in [0.29, 0.717) is 35.6 Å². The number of quaternary nitrogens is 1. The first-order valence-corrected chi connectivity index (χ1v) is 13.7. The summed E-state index contributed by atoms with van der Waals surface area (Å²) in [7, 11) is 1.60. The van der Waals surface area contributed by atoms with Crippen LogP contribution in [0.25, 0.3) is 0 Å². The Hall–Kier alpha value is -3.97. The van der Waals surface area contributed by atoms with Gasteiger partial charge in [-0.2, -0.15) is 0 Å². The van der Waals surface area contributed by atoms with E-state index in [4.69, 9.17) is 4.74 Å². The number of carbonyl (C=O) groups excluding carboxylic acids is 3. The molecule has 2 unspecified atom stereocenters. The minimum absolute atomic E-state index is 0.145. The third-order valence-electron chi connectivity index (χ3n) is 8.23. The Morgan fingerprint density at radius 2 is 1.56 bits per heavy atom. The van der Waals surface area contributed by atoms with E-state index in [1.165, 1.54) is 0 Å². The van der Waals surface area contributed by atoms with Gasteiger partial charge in [-0.25, -0.2) is 0 Å². The number of nitrogens with one attached hydrogen (secondary N) is 2. The summed E-state index contributed by atoms with van der Waals surface area (Å²) >= 11 is 0. The Labute approximate surface area is 229 Å². The van der Waals surface area contributed by atoms with Gasteiger partial charge in [-0.05, 0) is 23.8 Å². The summed E-state index contributed by atoms with van der Waals surface area (Å²) in [6, 6.07) is 26.3. The number of rotatable bonds is 10. The van der Waals surface area contributed by atoms with Crippen molar-refractivity contribution in [2.24, 2.45) is 5.92 Å². The number of hydrogen-bond donors (Lipinski definition) is 2. The van der Waals surface area contributed by atoms with Crippen LogP contribution in [0.3, 0.4) is 0 Å². The number of ketones is 1. The Morgan fingerprint density at radius 3 is 2.26 bits per heavy atom. The van der Waals surface area contributed by atoms with Gasteiger partial charge in [-0.15, -0.1) is 0 Å². The Balaban J connectivity index is 1.28. The van der Waals surface area contributed by atoms with Crippen molar-refractivity contribution >= 4 is 23.3 Å². The highest BCUT2D eigenvalue weighted by molar-refractivity contribution is 5.97. The van der Waals surface area contributed by atoms with Gasteiger partial charge < -0.3 is 19.9 Å². The summed E-state index contributed by atoms with van der Waals surface area (Å²) < 4.78 is 6.94. The van der Waals surface area contributed by atoms with Crippen LogP contribution in [0.4, 0.5) is 5.69 Å². The second-order valence-electron chi connectivity index (χ2n) is 10.7. The maximum absolute atomic E-state index is 13.7. The number of benzene rings is 3. The van der Waals surface area contributed by atoms with E-state index in [0.717, 1.165) is 42.7 Å². The highest BCUT2D eigenvalue weighted by Crippen LogP contribution is 2.36. The molecule has 39 heavy (non-hydrogen) atoms. The maximum Gasteiger partial charge on any atom is 0.315 e. The smallest absolute Gasteiger partial charge is 0.315 e. The van der Waals surface area contributed by atoms with Crippen molar-refractivity contribution < 1.29 is 23.6 Å². The van der Waals surface area contributed by atoms with Gasteiger partial charge in [0, 0.05) is 49.2 Å². The van der Waals surface area contributed by atoms with Gasteiger partial charge in [-0.3, -0.25) is 14.4 Å². The summed E-state index contributed by atoms with van der Waals surface area (Å²) in [6.45, 7) is 3.35. The molecule has 0 radical (unpaired) electrons. The van der Waals surface area contributed by atoms with Gasteiger partial charge in [-0.1, -0.05) is 66.7 Å². The quantitative estimate of drug-likeness (QED) is 0.234. The molecule has 6 rings (SSSR count). The van der Waals surface area contributed by atoms with Gasteiger partial charge in [0.05, 0.1) is 19.0 Å². The Kier molecular flexibility index (Phi) is 8.07. The van der Waals surface area contributed by atoms with Crippen LogP contribution in [0.1, 0.15) is 45.0 Å². The molecule has 2 atom stereocenters. The van der Waals surface area contributed by atoms with Crippen molar-refractivity contribution in [1.82, 2.24) is 5.32 Å². The molecule has 3 aliphatic heterocycles. The van der Waals surface area contributed by atoms with Crippen molar-refractivity contribution in [2.45, 2.75) is 24.9 Å². The number of ether oxygens (including phenoxy) is 1. The number of esters is 1. The molecule has 7 nitrogen and oxygen atoms in total. The van der Waals surface area contributed by atoms with E-state index in [9.17, 15) is 14.4 Å². The largest absolute Gasteiger partial charge is 0.456 e. The number of nitrogens with zero attached hydrogens (tertiary/aromatic N) is 1. The van der Waals surface area contributed by atoms with Gasteiger partial charge in [0.25, 0.3) is 5.91 Å². The predicted molar refractivity (Wildman–Crippen MR) is 151 cm³/mol. The first kappa shape index (κ1) is 26.6. The van der Waals surface area contributed by atoms with Crippen molar-refractivity contribution in [2.75, 3.05) is 45.1 Å². The van der Waals surface area contributed by atoms with Crippen molar-refractivity contribution in [3.63, 3.8) is 0 Å². The summed E-state index contributed by atoms with van der Waals surface area (Å²) in [6.07, 6.45) is 1.72. The van der Waals surface area contributed by atoms with Crippen molar-refractivity contribution in [3.8, 4) is 0 Å². The van der Waals surface area contributed by atoms with E-state index in [1.54, 1.807) is 19.2 Å². The van der Waals surface area contributed by atoms with Crippen LogP contribution in [0, 0.1) is 5.92 Å². The van der Waals surface area contributed by atoms with Gasteiger partial charge in [0.2, 0.25) is 5.78 Å². The molecule has 7 heteroatoms. The number of piperidine rings is 3. The van der Waals surface area contributed by atoms with E-state index < -0.39 is 5.92 Å². The van der Waals surface area contributed by atoms with Crippen molar-refractivity contribution in [3.05, 3.63) is 102 Å². The summed E-state index contributed by atoms with van der Waals surface area (Å²) in [5.41, 5.74) is 2.92. The lowest BCUT2D eigenvalue weighted by Crippen LogP contribution is -2.65. The summed E-state index contributed by atoms with van der Waals surface area (Å²) in [5, 5.41) is 5.97. The third kappa shape index (κ3) is 6.20. The first-order valence-electron chi connectivity index (χ1n) is 13.7. The fourth-order valence-corrected chi connectivity index (χ4v) is 5.99. The molecular weight excluding hydrogens is 490 g/mol. The minimum Gasteiger partial charge on any atom is -0.456 e. The lowest BCUT2D eigenvalue weighted by atomic mass is 9.82. The fourth-order valence-electron chi connectivity index (χ4n) is 5.99. The molecule has 2 N–H and O–H groups in total. The summed E-state index contributed by atoms with van der Waals surface area (Å²) in [5.74, 6) is -0.462. The lowest BCUT2D eigenvalue weighted by molar-refractivity contribution is -0.938. The molecule has 0 spiro atoms. The number of fused-ring (bicyclic) bond motifs is 3. The minimum atomic E-state index is -0.510. The highest BCUT2D eigenvalue weighted by Gasteiger charge is 2.49. The number of hydrogen-bond acceptors (Lipinski definition) is 5. The average molecular weight is 527 g/mol. The molecule has 0 aromatic heterocycles. The van der Waals surface area contributed by atoms with Crippen LogP contribution in [0.15, 0.2) is 84.9 Å². The Bertz CT molecular complexity index is 1300. The molecule has 0 aliphatic carbocycles. The van der Waals surface area contributed by atoms with Gasteiger partial charge in [0.1, 0.15) is 13.1 Å². The van der Waals surface area contributed by atoms with Crippen LogP contribution >= 0.6 is 0 Å². The molecule has 0 saturated carbocycles. The second-order valence-corrected chi connectivity index (χ2v) is 10.7. The van der Waals surface area contributed by atoms with Crippen LogP contribution < -0.4 is 10.6 Å². The van der Waals surface area contributed by atoms with E-state index in [2.05, 4.69) is 10.6 Å². The number of carbonyl (C=O) groups is 3. The normalized spacial score (nSPS) is 22.5. The fraction of sp³-hybridized carbons (Fsp3) is 0.344. The Morgan fingerprint density at radius 1 is 0.897 bits per heavy atom. The van der Waals surface area contributed by atoms with E-state index in [-0.39, 0.29) is 23.8 Å². The first-order chi connectivity index (χ1) is 19.0. The molecule has 3 aromatic carbocycles. The third-order valence-corrected chi connectivity index (χ3v) is 8.23. The van der Waals surface area contributed by atoms with Crippen LogP contribution in [-0.2, 0) is 9.53 Å². The molecule has 3 heterocycles. The van der Waals surface area contributed by atoms with Gasteiger partial charge >= 0.3 is 5.97 Å². The van der Waals surface area contributed by atoms with Crippen LogP contribution in [-0.4, -0.2) is 68.0 Å².